The van der Waals surface area contributed by atoms with Crippen molar-refractivity contribution in [1.82, 2.24) is 9.78 Å². The first-order chi connectivity index (χ1) is 9.61. The van der Waals surface area contributed by atoms with Crippen LogP contribution in [-0.2, 0) is 20.0 Å². The van der Waals surface area contributed by atoms with Crippen LogP contribution in [0.2, 0.25) is 0 Å². The maximum atomic E-state index is 11.7. The number of benzene rings is 1. The van der Waals surface area contributed by atoms with Gasteiger partial charge in [-0.2, -0.15) is 5.10 Å². The van der Waals surface area contributed by atoms with E-state index in [-0.39, 0.29) is 5.56 Å². The Hall–Kier alpha value is -1.66. The zero-order valence-electron chi connectivity index (χ0n) is 11.3. The Morgan fingerprint density at radius 2 is 1.95 bits per heavy atom. The van der Waals surface area contributed by atoms with Gasteiger partial charge in [-0.1, -0.05) is 24.3 Å². The molecule has 3 N–H and O–H groups in total. The molecule has 0 fully saturated rings. The standard InChI is InChI=1S/C14H17BrN4O/c1-19-14(20)13(15)12(9-18-19)17-8-11-4-2-10(3-5-11)6-7-16/h2-5,9,17H,6-8,16H2,1H3. The Balaban J connectivity index is 2.05. The van der Waals surface area contributed by atoms with Gasteiger partial charge in [-0.25, -0.2) is 4.68 Å². The van der Waals surface area contributed by atoms with Crippen molar-refractivity contribution in [2.75, 3.05) is 11.9 Å². The van der Waals surface area contributed by atoms with E-state index in [0.29, 0.717) is 23.2 Å². The minimum Gasteiger partial charge on any atom is -0.379 e. The van der Waals surface area contributed by atoms with Crippen LogP contribution in [0.5, 0.6) is 0 Å². The van der Waals surface area contributed by atoms with E-state index in [1.807, 2.05) is 0 Å². The molecule has 0 aliphatic rings. The van der Waals surface area contributed by atoms with Gasteiger partial charge >= 0.3 is 0 Å². The molecule has 2 aromatic rings. The largest absolute Gasteiger partial charge is 0.379 e. The molecule has 106 valence electrons. The molecule has 0 radical (unpaired) electrons. The van der Waals surface area contributed by atoms with Crippen LogP contribution in [0, 0.1) is 0 Å². The molecule has 6 heteroatoms. The molecule has 0 unspecified atom stereocenters. The summed E-state index contributed by atoms with van der Waals surface area (Å²) < 4.78 is 1.78. The average molecular weight is 337 g/mol. The van der Waals surface area contributed by atoms with Crippen molar-refractivity contribution >= 4 is 21.6 Å². The third kappa shape index (κ3) is 3.46. The monoisotopic (exact) mass is 336 g/mol. The Morgan fingerprint density at radius 3 is 2.60 bits per heavy atom. The summed E-state index contributed by atoms with van der Waals surface area (Å²) in [5, 5.41) is 7.19. The molecule has 20 heavy (non-hydrogen) atoms. The summed E-state index contributed by atoms with van der Waals surface area (Å²) in [6, 6.07) is 8.25. The van der Waals surface area contributed by atoms with E-state index in [1.165, 1.54) is 10.2 Å². The summed E-state index contributed by atoms with van der Waals surface area (Å²) in [5.41, 5.74) is 8.42. The lowest BCUT2D eigenvalue weighted by molar-refractivity contribution is 0.703. The highest BCUT2D eigenvalue weighted by Crippen LogP contribution is 2.17. The van der Waals surface area contributed by atoms with Crippen molar-refractivity contribution in [3.05, 3.63) is 56.4 Å². The summed E-state index contributed by atoms with van der Waals surface area (Å²) in [6.45, 7) is 1.29. The number of nitrogens with one attached hydrogen (secondary N) is 1. The van der Waals surface area contributed by atoms with Crippen molar-refractivity contribution in [2.24, 2.45) is 12.8 Å². The normalized spacial score (nSPS) is 10.6. The van der Waals surface area contributed by atoms with Gasteiger partial charge in [0, 0.05) is 13.6 Å². The molecule has 1 aromatic heterocycles. The van der Waals surface area contributed by atoms with E-state index in [4.69, 9.17) is 5.73 Å². The van der Waals surface area contributed by atoms with Crippen LogP contribution in [0.3, 0.4) is 0 Å². The Labute approximate surface area is 125 Å². The second-order valence-corrected chi connectivity index (χ2v) is 5.30. The molecule has 5 nitrogen and oxygen atoms in total. The molecule has 1 heterocycles. The van der Waals surface area contributed by atoms with Crippen molar-refractivity contribution in [3.8, 4) is 0 Å². The molecule has 0 aliphatic heterocycles. The fraction of sp³-hybridized carbons (Fsp3) is 0.286. The average Bonchev–Trinajstić information content (AvgIpc) is 2.46. The SMILES string of the molecule is Cn1ncc(NCc2ccc(CCN)cc2)c(Br)c1=O. The predicted octanol–water partition coefficient (Wildman–Crippen LogP) is 1.66. The number of aromatic nitrogens is 2. The van der Waals surface area contributed by atoms with Crippen molar-refractivity contribution in [3.63, 3.8) is 0 Å². The molecule has 0 amide bonds. The van der Waals surface area contributed by atoms with Gasteiger partial charge in [-0.05, 0) is 40.0 Å². The number of hydrogen-bond acceptors (Lipinski definition) is 4. The maximum absolute atomic E-state index is 11.7. The minimum absolute atomic E-state index is 0.159. The molecule has 0 saturated carbocycles. The van der Waals surface area contributed by atoms with Crippen LogP contribution in [-0.4, -0.2) is 16.3 Å². The zero-order valence-corrected chi connectivity index (χ0v) is 12.9. The van der Waals surface area contributed by atoms with Gasteiger partial charge in [0.2, 0.25) is 0 Å². The van der Waals surface area contributed by atoms with Crippen LogP contribution in [0.4, 0.5) is 5.69 Å². The Morgan fingerprint density at radius 1 is 1.30 bits per heavy atom. The number of rotatable bonds is 5. The number of halogens is 1. The quantitative estimate of drug-likeness (QED) is 0.870. The molecule has 2 rings (SSSR count). The van der Waals surface area contributed by atoms with Gasteiger partial charge in [-0.3, -0.25) is 4.79 Å². The van der Waals surface area contributed by atoms with Crippen LogP contribution < -0.4 is 16.6 Å². The summed E-state index contributed by atoms with van der Waals surface area (Å²) in [5.74, 6) is 0. The lowest BCUT2D eigenvalue weighted by atomic mass is 10.1. The molecule has 0 aliphatic carbocycles. The van der Waals surface area contributed by atoms with Gasteiger partial charge in [0.25, 0.3) is 5.56 Å². The molecule has 0 atom stereocenters. The van der Waals surface area contributed by atoms with Crippen LogP contribution in [0.1, 0.15) is 11.1 Å². The first-order valence-electron chi connectivity index (χ1n) is 6.35. The van der Waals surface area contributed by atoms with E-state index in [0.717, 1.165) is 12.0 Å². The van der Waals surface area contributed by atoms with Crippen molar-refractivity contribution in [1.29, 1.82) is 0 Å². The topological polar surface area (TPSA) is 72.9 Å². The molecule has 0 spiro atoms. The van der Waals surface area contributed by atoms with Crippen molar-refractivity contribution in [2.45, 2.75) is 13.0 Å². The zero-order chi connectivity index (χ0) is 14.5. The highest BCUT2D eigenvalue weighted by molar-refractivity contribution is 9.10. The summed E-state index contributed by atoms with van der Waals surface area (Å²) >= 11 is 3.29. The van der Waals surface area contributed by atoms with Gasteiger partial charge in [0.1, 0.15) is 4.47 Å². The third-order valence-corrected chi connectivity index (χ3v) is 3.78. The van der Waals surface area contributed by atoms with E-state index >= 15 is 0 Å². The molecular weight excluding hydrogens is 320 g/mol. The summed E-state index contributed by atoms with van der Waals surface area (Å²) in [7, 11) is 1.62. The first-order valence-corrected chi connectivity index (χ1v) is 7.14. The fourth-order valence-corrected chi connectivity index (χ4v) is 2.32. The van der Waals surface area contributed by atoms with Crippen LogP contribution >= 0.6 is 15.9 Å². The molecule has 0 saturated heterocycles. The van der Waals surface area contributed by atoms with E-state index in [2.05, 4.69) is 50.6 Å². The Bertz CT molecular complexity index is 637. The minimum atomic E-state index is -0.159. The molecule has 0 bridgehead atoms. The lowest BCUT2D eigenvalue weighted by Gasteiger charge is -2.09. The number of nitrogens with two attached hydrogens (primary N) is 1. The van der Waals surface area contributed by atoms with E-state index in [9.17, 15) is 4.79 Å². The van der Waals surface area contributed by atoms with Gasteiger partial charge < -0.3 is 11.1 Å². The second kappa shape index (κ2) is 6.67. The maximum Gasteiger partial charge on any atom is 0.282 e. The third-order valence-electron chi connectivity index (χ3n) is 3.02. The van der Waals surface area contributed by atoms with Gasteiger partial charge in [0.05, 0.1) is 11.9 Å². The number of hydrogen-bond donors (Lipinski definition) is 2. The van der Waals surface area contributed by atoms with Crippen LogP contribution in [0.15, 0.2) is 39.7 Å². The number of nitrogens with zero attached hydrogens (tertiary/aromatic N) is 2. The summed E-state index contributed by atoms with van der Waals surface area (Å²) in [6.07, 6.45) is 2.52. The molecule has 1 aromatic carbocycles. The summed E-state index contributed by atoms with van der Waals surface area (Å²) in [4.78, 5) is 11.7. The highest BCUT2D eigenvalue weighted by atomic mass is 79.9. The fourth-order valence-electron chi connectivity index (χ4n) is 1.82. The first kappa shape index (κ1) is 14.7. The number of aryl methyl sites for hydroxylation is 1. The van der Waals surface area contributed by atoms with Gasteiger partial charge in [-0.15, -0.1) is 0 Å². The van der Waals surface area contributed by atoms with Crippen LogP contribution in [0.25, 0.3) is 0 Å². The van der Waals surface area contributed by atoms with Crippen molar-refractivity contribution < 1.29 is 0 Å². The lowest BCUT2D eigenvalue weighted by Crippen LogP contribution is -2.21. The van der Waals surface area contributed by atoms with E-state index < -0.39 is 0 Å². The molecular formula is C14H17BrN4O. The second-order valence-electron chi connectivity index (χ2n) is 4.51. The van der Waals surface area contributed by atoms with Gasteiger partial charge in [0.15, 0.2) is 0 Å². The Kier molecular flexibility index (Phi) is 4.92. The number of anilines is 1. The van der Waals surface area contributed by atoms with E-state index in [1.54, 1.807) is 13.2 Å². The highest BCUT2D eigenvalue weighted by Gasteiger charge is 2.06. The predicted molar refractivity (Wildman–Crippen MR) is 83.7 cm³/mol. The smallest absolute Gasteiger partial charge is 0.282 e.